The molecule has 0 aliphatic carbocycles. The Kier molecular flexibility index (Phi) is 4.55. The summed E-state index contributed by atoms with van der Waals surface area (Å²) in [6, 6.07) is 3.03. The summed E-state index contributed by atoms with van der Waals surface area (Å²) in [6.07, 6.45) is 0.464. The van der Waals surface area contributed by atoms with Crippen LogP contribution in [0.1, 0.15) is 12.2 Å². The molecule has 1 aromatic heterocycles. The van der Waals surface area contributed by atoms with Crippen molar-refractivity contribution in [2.75, 3.05) is 22.1 Å². The predicted octanol–water partition coefficient (Wildman–Crippen LogP) is 2.54. The first-order chi connectivity index (χ1) is 11.7. The van der Waals surface area contributed by atoms with Crippen LogP contribution in [0.4, 0.5) is 30.5 Å². The molecule has 3 rings (SSSR count). The summed E-state index contributed by atoms with van der Waals surface area (Å²) in [5.74, 6) is -3.22. The summed E-state index contributed by atoms with van der Waals surface area (Å²) < 4.78 is 63.1. The Morgan fingerprint density at radius 2 is 1.84 bits per heavy atom. The number of halogens is 3. The molecule has 1 fully saturated rings. The first-order valence-electron chi connectivity index (χ1n) is 7.47. The average molecular weight is 372 g/mol. The van der Waals surface area contributed by atoms with E-state index in [9.17, 15) is 21.6 Å². The summed E-state index contributed by atoms with van der Waals surface area (Å²) in [7, 11) is -3.05. The van der Waals surface area contributed by atoms with Crippen LogP contribution in [0.3, 0.4) is 0 Å². The first kappa shape index (κ1) is 17.5. The van der Waals surface area contributed by atoms with Crippen molar-refractivity contribution in [1.29, 1.82) is 0 Å². The third kappa shape index (κ3) is 4.01. The van der Waals surface area contributed by atoms with Gasteiger partial charge in [-0.05, 0) is 25.5 Å². The van der Waals surface area contributed by atoms with Crippen molar-refractivity contribution >= 4 is 27.2 Å². The Balaban J connectivity index is 1.81. The molecule has 6 nitrogen and oxygen atoms in total. The number of sulfone groups is 1. The van der Waals surface area contributed by atoms with E-state index in [1.807, 2.05) is 0 Å². The number of aromatic nitrogens is 2. The van der Waals surface area contributed by atoms with Gasteiger partial charge < -0.3 is 10.6 Å². The quantitative estimate of drug-likeness (QED) is 0.803. The Bertz CT molecular complexity index is 921. The maximum atomic E-state index is 13.8. The van der Waals surface area contributed by atoms with E-state index >= 15 is 0 Å². The summed E-state index contributed by atoms with van der Waals surface area (Å²) in [6.45, 7) is 1.60. The van der Waals surface area contributed by atoms with Crippen LogP contribution < -0.4 is 10.6 Å². The minimum absolute atomic E-state index is 0.0105. The molecule has 0 saturated carbocycles. The highest BCUT2D eigenvalue weighted by Gasteiger charge is 2.28. The molecule has 2 aromatic rings. The molecule has 1 saturated heterocycles. The van der Waals surface area contributed by atoms with E-state index in [1.54, 1.807) is 6.92 Å². The van der Waals surface area contributed by atoms with Gasteiger partial charge in [-0.25, -0.2) is 31.6 Å². The number of benzene rings is 1. The lowest BCUT2D eigenvalue weighted by Gasteiger charge is -2.14. The minimum Gasteiger partial charge on any atom is -0.366 e. The van der Waals surface area contributed by atoms with Crippen LogP contribution in [0, 0.1) is 24.4 Å². The Morgan fingerprint density at radius 1 is 1.12 bits per heavy atom. The SMILES string of the molecule is Cc1nc(Nc2ccc(F)c(F)c2F)cc(NC2CCS(=O)(=O)C2)n1. The monoisotopic (exact) mass is 372 g/mol. The number of hydrogen-bond acceptors (Lipinski definition) is 6. The second-order valence-corrected chi connectivity index (χ2v) is 8.01. The largest absolute Gasteiger partial charge is 0.366 e. The molecule has 25 heavy (non-hydrogen) atoms. The topological polar surface area (TPSA) is 84.0 Å². The van der Waals surface area contributed by atoms with Gasteiger partial charge in [0.1, 0.15) is 17.5 Å². The van der Waals surface area contributed by atoms with Gasteiger partial charge in [-0.1, -0.05) is 0 Å². The van der Waals surface area contributed by atoms with Gasteiger partial charge >= 0.3 is 0 Å². The average Bonchev–Trinajstić information content (AvgIpc) is 2.86. The van der Waals surface area contributed by atoms with Crippen LogP contribution in [0.25, 0.3) is 0 Å². The van der Waals surface area contributed by atoms with E-state index in [1.165, 1.54) is 6.07 Å². The van der Waals surface area contributed by atoms with Gasteiger partial charge in [-0.2, -0.15) is 0 Å². The van der Waals surface area contributed by atoms with Crippen LogP contribution in [0.2, 0.25) is 0 Å². The Morgan fingerprint density at radius 3 is 2.52 bits per heavy atom. The van der Waals surface area contributed by atoms with Crippen LogP contribution in [-0.4, -0.2) is 35.9 Å². The fourth-order valence-corrected chi connectivity index (χ4v) is 4.26. The third-order valence-electron chi connectivity index (χ3n) is 3.72. The smallest absolute Gasteiger partial charge is 0.196 e. The maximum absolute atomic E-state index is 13.8. The first-order valence-corrected chi connectivity index (χ1v) is 9.29. The minimum atomic E-state index is -3.05. The molecular weight excluding hydrogens is 357 g/mol. The molecule has 1 unspecified atom stereocenters. The fraction of sp³-hybridized carbons (Fsp3) is 0.333. The van der Waals surface area contributed by atoms with Crippen molar-refractivity contribution in [2.45, 2.75) is 19.4 Å². The highest BCUT2D eigenvalue weighted by Crippen LogP contribution is 2.24. The maximum Gasteiger partial charge on any atom is 0.196 e. The van der Waals surface area contributed by atoms with Gasteiger partial charge in [0.15, 0.2) is 27.3 Å². The van der Waals surface area contributed by atoms with E-state index in [4.69, 9.17) is 0 Å². The van der Waals surface area contributed by atoms with Gasteiger partial charge in [0, 0.05) is 12.1 Å². The van der Waals surface area contributed by atoms with Crippen LogP contribution in [0.5, 0.6) is 0 Å². The van der Waals surface area contributed by atoms with E-state index in [0.29, 0.717) is 18.1 Å². The van der Waals surface area contributed by atoms with Crippen LogP contribution >= 0.6 is 0 Å². The van der Waals surface area contributed by atoms with E-state index < -0.39 is 27.3 Å². The van der Waals surface area contributed by atoms with Crippen molar-refractivity contribution in [3.8, 4) is 0 Å². The zero-order valence-corrected chi connectivity index (χ0v) is 14.0. The second-order valence-electron chi connectivity index (χ2n) is 5.78. The second kappa shape index (κ2) is 6.51. The van der Waals surface area contributed by atoms with E-state index in [0.717, 1.165) is 12.1 Å². The lowest BCUT2D eigenvalue weighted by Crippen LogP contribution is -2.21. The molecule has 0 amide bonds. The summed E-state index contributed by atoms with van der Waals surface area (Å²) >= 11 is 0. The standard InChI is InChI=1S/C15H15F3N4O2S/c1-8-19-12(21-9-4-5-25(23,24)7-9)6-13(20-8)22-11-3-2-10(16)14(17)15(11)18/h2-3,6,9H,4-5,7H2,1H3,(H2,19,20,21,22). The molecule has 1 aliphatic heterocycles. The van der Waals surface area contributed by atoms with Crippen LogP contribution in [-0.2, 0) is 9.84 Å². The number of hydrogen-bond donors (Lipinski definition) is 2. The van der Waals surface area contributed by atoms with E-state index in [-0.39, 0.29) is 29.1 Å². The zero-order valence-electron chi connectivity index (χ0n) is 13.2. The van der Waals surface area contributed by atoms with Gasteiger partial charge in [-0.15, -0.1) is 0 Å². The zero-order chi connectivity index (χ0) is 18.2. The highest BCUT2D eigenvalue weighted by molar-refractivity contribution is 7.91. The normalized spacial score (nSPS) is 19.0. The van der Waals surface area contributed by atoms with Gasteiger partial charge in [0.25, 0.3) is 0 Å². The number of aryl methyl sites for hydroxylation is 1. The lowest BCUT2D eigenvalue weighted by atomic mass is 10.2. The predicted molar refractivity (Wildman–Crippen MR) is 87.0 cm³/mol. The van der Waals surface area contributed by atoms with Crippen molar-refractivity contribution in [3.05, 3.63) is 41.5 Å². The molecule has 2 N–H and O–H groups in total. The Labute approximate surface area is 142 Å². The van der Waals surface area contributed by atoms with Crippen LogP contribution in [0.15, 0.2) is 18.2 Å². The molecule has 0 bridgehead atoms. The molecule has 134 valence electrons. The summed E-state index contributed by atoms with van der Waals surface area (Å²) in [4.78, 5) is 8.22. The number of nitrogens with zero attached hydrogens (tertiary/aromatic N) is 2. The molecule has 1 atom stereocenters. The van der Waals surface area contributed by atoms with Crippen molar-refractivity contribution < 1.29 is 21.6 Å². The van der Waals surface area contributed by atoms with Gasteiger partial charge in [0.2, 0.25) is 0 Å². The van der Waals surface area contributed by atoms with Crippen molar-refractivity contribution in [1.82, 2.24) is 9.97 Å². The molecule has 1 aromatic carbocycles. The molecule has 10 heteroatoms. The Hall–Kier alpha value is -2.36. The number of anilines is 3. The molecule has 0 radical (unpaired) electrons. The summed E-state index contributed by atoms with van der Waals surface area (Å²) in [5.41, 5.74) is -0.272. The molecule has 0 spiro atoms. The molecule has 2 heterocycles. The lowest BCUT2D eigenvalue weighted by molar-refractivity contribution is 0.449. The van der Waals surface area contributed by atoms with Gasteiger partial charge in [-0.3, -0.25) is 0 Å². The fourth-order valence-electron chi connectivity index (χ4n) is 2.58. The molecule has 1 aliphatic rings. The number of nitrogens with one attached hydrogen (secondary N) is 2. The van der Waals surface area contributed by atoms with Crippen molar-refractivity contribution in [2.24, 2.45) is 0 Å². The highest BCUT2D eigenvalue weighted by atomic mass is 32.2. The van der Waals surface area contributed by atoms with E-state index in [2.05, 4.69) is 20.6 Å². The van der Waals surface area contributed by atoms with Crippen molar-refractivity contribution in [3.63, 3.8) is 0 Å². The summed E-state index contributed by atoms with van der Waals surface area (Å²) in [5, 5.41) is 5.57. The van der Waals surface area contributed by atoms with Gasteiger partial charge in [0.05, 0.1) is 17.2 Å². The molecular formula is C15H15F3N4O2S. The third-order valence-corrected chi connectivity index (χ3v) is 5.49. The number of rotatable bonds is 4.